The van der Waals surface area contributed by atoms with Crippen LogP contribution in [0.25, 0.3) is 0 Å². The van der Waals surface area contributed by atoms with Crippen molar-refractivity contribution in [3.63, 3.8) is 0 Å². The quantitative estimate of drug-likeness (QED) is 0.804. The highest BCUT2D eigenvalue weighted by atomic mass is 32.2. The van der Waals surface area contributed by atoms with Crippen LogP contribution < -0.4 is 5.32 Å². The molecule has 1 aromatic rings. The van der Waals surface area contributed by atoms with Crippen LogP contribution in [0.1, 0.15) is 19.8 Å². The van der Waals surface area contributed by atoms with Gasteiger partial charge in [-0.25, -0.2) is 4.79 Å². The van der Waals surface area contributed by atoms with Crippen molar-refractivity contribution in [1.82, 2.24) is 4.90 Å². The summed E-state index contributed by atoms with van der Waals surface area (Å²) in [4.78, 5) is 25.6. The zero-order valence-electron chi connectivity index (χ0n) is 13.6. The molecule has 0 aromatic heterocycles. The van der Waals surface area contributed by atoms with Crippen molar-refractivity contribution in [3.05, 3.63) is 24.3 Å². The summed E-state index contributed by atoms with van der Waals surface area (Å²) >= 11 is -0.271. The minimum Gasteiger partial charge on any atom is -0.450 e. The lowest BCUT2D eigenvalue weighted by Crippen LogP contribution is -2.44. The van der Waals surface area contributed by atoms with Crippen LogP contribution in [0.4, 0.5) is 23.7 Å². The number of benzene rings is 1. The van der Waals surface area contributed by atoms with Crippen LogP contribution in [0, 0.1) is 5.92 Å². The van der Waals surface area contributed by atoms with Gasteiger partial charge in [0, 0.05) is 18.0 Å². The fraction of sp³-hybridized carbons (Fsp3) is 0.500. The first-order valence-corrected chi connectivity index (χ1v) is 8.69. The predicted molar refractivity (Wildman–Crippen MR) is 88.3 cm³/mol. The summed E-state index contributed by atoms with van der Waals surface area (Å²) in [6.07, 6.45) is 0.722. The second-order valence-corrected chi connectivity index (χ2v) is 6.62. The molecule has 0 bridgehead atoms. The standard InChI is InChI=1S/C16H19F3N2O3S/c1-2-24-15(23)21-9-5-6-11(10-21)14(22)20-12-7-3-4-8-13(12)25-16(17,18)19/h3-4,7-8,11H,2,5-6,9-10H2,1H3,(H,20,22). The summed E-state index contributed by atoms with van der Waals surface area (Å²) in [6.45, 7) is 2.64. The van der Waals surface area contributed by atoms with E-state index in [4.69, 9.17) is 4.74 Å². The van der Waals surface area contributed by atoms with Gasteiger partial charge in [0.25, 0.3) is 0 Å². The molecule has 1 saturated heterocycles. The third kappa shape index (κ3) is 5.84. The molecule has 0 spiro atoms. The molecule has 2 amide bonds. The van der Waals surface area contributed by atoms with E-state index in [1.807, 2.05) is 0 Å². The molecule has 1 aromatic carbocycles. The first-order valence-electron chi connectivity index (χ1n) is 7.87. The first kappa shape index (κ1) is 19.4. The molecule has 1 aliphatic heterocycles. The lowest BCUT2D eigenvalue weighted by Gasteiger charge is -2.31. The number of rotatable bonds is 4. The lowest BCUT2D eigenvalue weighted by molar-refractivity contribution is -0.121. The van der Waals surface area contributed by atoms with Gasteiger partial charge in [0.05, 0.1) is 18.2 Å². The SMILES string of the molecule is CCOC(=O)N1CCCC(C(=O)Nc2ccccc2SC(F)(F)F)C1. The third-order valence-electron chi connectivity index (χ3n) is 3.69. The summed E-state index contributed by atoms with van der Waals surface area (Å²) in [5.74, 6) is -0.883. The average molecular weight is 376 g/mol. The molecule has 25 heavy (non-hydrogen) atoms. The monoisotopic (exact) mass is 376 g/mol. The zero-order chi connectivity index (χ0) is 18.4. The molecule has 1 atom stereocenters. The van der Waals surface area contributed by atoms with E-state index in [2.05, 4.69) is 5.32 Å². The van der Waals surface area contributed by atoms with Gasteiger partial charge in [0.2, 0.25) is 5.91 Å². The molecule has 5 nitrogen and oxygen atoms in total. The summed E-state index contributed by atoms with van der Waals surface area (Å²) in [7, 11) is 0. The second kappa shape index (κ2) is 8.46. The van der Waals surface area contributed by atoms with E-state index in [0.29, 0.717) is 19.4 Å². The molecule has 0 radical (unpaired) electrons. The number of ether oxygens (including phenoxy) is 1. The van der Waals surface area contributed by atoms with E-state index < -0.39 is 23.4 Å². The number of likely N-dealkylation sites (tertiary alicyclic amines) is 1. The number of anilines is 1. The number of nitrogens with zero attached hydrogens (tertiary/aromatic N) is 1. The number of carbonyl (C=O) groups is 2. The number of hydrogen-bond donors (Lipinski definition) is 1. The van der Waals surface area contributed by atoms with Crippen LogP contribution in [-0.2, 0) is 9.53 Å². The Bertz CT molecular complexity index is 625. The van der Waals surface area contributed by atoms with E-state index in [-0.39, 0.29) is 35.5 Å². The Kier molecular flexibility index (Phi) is 6.57. The maximum absolute atomic E-state index is 12.6. The average Bonchev–Trinajstić information content (AvgIpc) is 2.55. The van der Waals surface area contributed by atoms with Crippen molar-refractivity contribution in [2.45, 2.75) is 30.2 Å². The molecule has 0 saturated carbocycles. The minimum absolute atomic E-state index is 0.0681. The number of thioether (sulfide) groups is 1. The maximum Gasteiger partial charge on any atom is 0.446 e. The van der Waals surface area contributed by atoms with Crippen molar-refractivity contribution in [3.8, 4) is 0 Å². The third-order valence-corrected chi connectivity index (χ3v) is 4.50. The van der Waals surface area contributed by atoms with Gasteiger partial charge >= 0.3 is 11.6 Å². The normalized spacial score (nSPS) is 17.9. The van der Waals surface area contributed by atoms with Crippen molar-refractivity contribution >= 4 is 29.4 Å². The molecule has 1 unspecified atom stereocenters. The van der Waals surface area contributed by atoms with E-state index in [1.54, 1.807) is 13.0 Å². The molecule has 0 aliphatic carbocycles. The molecule has 2 rings (SSSR count). The van der Waals surface area contributed by atoms with Gasteiger partial charge in [0.1, 0.15) is 0 Å². The smallest absolute Gasteiger partial charge is 0.446 e. The van der Waals surface area contributed by atoms with Crippen LogP contribution in [0.15, 0.2) is 29.2 Å². The minimum atomic E-state index is -4.44. The summed E-state index contributed by atoms with van der Waals surface area (Å²) in [5.41, 5.74) is -4.32. The number of carbonyl (C=O) groups excluding carboxylic acids is 2. The van der Waals surface area contributed by atoms with Crippen molar-refractivity contribution in [2.24, 2.45) is 5.92 Å². The van der Waals surface area contributed by atoms with Gasteiger partial charge in [-0.1, -0.05) is 12.1 Å². The number of hydrogen-bond acceptors (Lipinski definition) is 4. The number of halogens is 3. The van der Waals surface area contributed by atoms with E-state index in [9.17, 15) is 22.8 Å². The molecular formula is C16H19F3N2O3S. The topological polar surface area (TPSA) is 58.6 Å². The molecular weight excluding hydrogens is 357 g/mol. The highest BCUT2D eigenvalue weighted by Gasteiger charge is 2.32. The summed E-state index contributed by atoms with van der Waals surface area (Å²) < 4.78 is 42.8. The highest BCUT2D eigenvalue weighted by Crippen LogP contribution is 2.40. The van der Waals surface area contributed by atoms with Crippen LogP contribution in [0.3, 0.4) is 0 Å². The number of nitrogens with one attached hydrogen (secondary N) is 1. The fourth-order valence-electron chi connectivity index (χ4n) is 2.59. The van der Waals surface area contributed by atoms with Gasteiger partial charge < -0.3 is 15.0 Å². The highest BCUT2D eigenvalue weighted by molar-refractivity contribution is 8.00. The molecule has 9 heteroatoms. The van der Waals surface area contributed by atoms with Crippen LogP contribution >= 0.6 is 11.8 Å². The Morgan fingerprint density at radius 3 is 2.76 bits per heavy atom. The summed E-state index contributed by atoms with van der Waals surface area (Å²) in [5, 5.41) is 2.56. The van der Waals surface area contributed by atoms with Gasteiger partial charge in [-0.05, 0) is 43.7 Å². The first-order chi connectivity index (χ1) is 11.8. The van der Waals surface area contributed by atoms with Gasteiger partial charge in [-0.2, -0.15) is 13.2 Å². The van der Waals surface area contributed by atoms with Crippen molar-refractivity contribution < 1.29 is 27.5 Å². The Balaban J connectivity index is 2.03. The Morgan fingerprint density at radius 1 is 1.36 bits per heavy atom. The lowest BCUT2D eigenvalue weighted by atomic mass is 9.97. The molecule has 1 heterocycles. The maximum atomic E-state index is 12.6. The van der Waals surface area contributed by atoms with Crippen LogP contribution in [-0.4, -0.2) is 42.1 Å². The second-order valence-electron chi connectivity index (χ2n) is 5.52. The molecule has 138 valence electrons. The van der Waals surface area contributed by atoms with Crippen LogP contribution in [0.5, 0.6) is 0 Å². The number of amides is 2. The zero-order valence-corrected chi connectivity index (χ0v) is 14.5. The van der Waals surface area contributed by atoms with Crippen molar-refractivity contribution in [1.29, 1.82) is 0 Å². The van der Waals surface area contributed by atoms with Gasteiger partial charge in [0.15, 0.2) is 0 Å². The van der Waals surface area contributed by atoms with E-state index >= 15 is 0 Å². The van der Waals surface area contributed by atoms with Gasteiger partial charge in [-0.3, -0.25) is 4.79 Å². The van der Waals surface area contributed by atoms with Gasteiger partial charge in [-0.15, -0.1) is 0 Å². The predicted octanol–water partition coefficient (Wildman–Crippen LogP) is 4.11. The van der Waals surface area contributed by atoms with Crippen molar-refractivity contribution in [2.75, 3.05) is 25.0 Å². The van der Waals surface area contributed by atoms with Crippen LogP contribution in [0.2, 0.25) is 0 Å². The number of piperidine rings is 1. The number of para-hydroxylation sites is 1. The summed E-state index contributed by atoms with van der Waals surface area (Å²) in [6, 6.07) is 5.77. The Hall–Kier alpha value is -1.90. The Morgan fingerprint density at radius 2 is 2.08 bits per heavy atom. The van der Waals surface area contributed by atoms with E-state index in [0.717, 1.165) is 0 Å². The molecule has 1 fully saturated rings. The molecule has 1 N–H and O–H groups in total. The molecule has 1 aliphatic rings. The van der Waals surface area contributed by atoms with E-state index in [1.165, 1.54) is 23.1 Å². The largest absolute Gasteiger partial charge is 0.450 e. The fourth-order valence-corrected chi connectivity index (χ4v) is 3.22. The Labute approximate surface area is 147 Å². The number of alkyl halides is 3.